The molecule has 0 bridgehead atoms. The van der Waals surface area contributed by atoms with Gasteiger partial charge < -0.3 is 5.32 Å². The molecule has 0 aromatic carbocycles. The number of hydrogen-bond donors (Lipinski definition) is 3. The first-order valence-electron chi connectivity index (χ1n) is 6.14. The third-order valence-corrected chi connectivity index (χ3v) is 3.28. The fourth-order valence-electron chi connectivity index (χ4n) is 1.46. The summed E-state index contributed by atoms with van der Waals surface area (Å²) in [5.41, 5.74) is 1.59. The van der Waals surface area contributed by atoms with E-state index in [1.54, 1.807) is 22.9 Å². The van der Waals surface area contributed by atoms with Crippen molar-refractivity contribution < 1.29 is 14.8 Å². The highest BCUT2D eigenvalue weighted by Gasteiger charge is 1.99. The molecule has 0 spiro atoms. The molecule has 0 atom stereocenters. The molecule has 0 aliphatic carbocycles. The molecule has 0 fully saturated rings. The molecule has 0 aliphatic heterocycles. The van der Waals surface area contributed by atoms with Crippen LogP contribution < -0.4 is 10.8 Å². The summed E-state index contributed by atoms with van der Waals surface area (Å²) in [7, 11) is 0. The summed E-state index contributed by atoms with van der Waals surface area (Å²) in [5, 5.41) is 13.0. The fourth-order valence-corrected chi connectivity index (χ4v) is 2.08. The molecule has 104 valence electrons. The number of thiophene rings is 1. The van der Waals surface area contributed by atoms with Gasteiger partial charge in [-0.1, -0.05) is 12.5 Å². The Morgan fingerprint density at radius 1 is 1.32 bits per heavy atom. The molecule has 6 heteroatoms. The van der Waals surface area contributed by atoms with E-state index in [1.807, 2.05) is 17.5 Å². The summed E-state index contributed by atoms with van der Waals surface area (Å²) in [5.74, 6) is -0.482. The van der Waals surface area contributed by atoms with Gasteiger partial charge in [0.1, 0.15) is 0 Å². The summed E-state index contributed by atoms with van der Waals surface area (Å²) < 4.78 is 0. The van der Waals surface area contributed by atoms with E-state index in [2.05, 4.69) is 5.32 Å². The van der Waals surface area contributed by atoms with Crippen molar-refractivity contribution in [2.75, 3.05) is 6.54 Å². The van der Waals surface area contributed by atoms with Gasteiger partial charge in [-0.05, 0) is 30.4 Å². The van der Waals surface area contributed by atoms with Crippen LogP contribution in [-0.4, -0.2) is 23.6 Å². The van der Waals surface area contributed by atoms with E-state index in [4.69, 9.17) is 5.21 Å². The molecule has 5 nitrogen and oxygen atoms in total. The minimum Gasteiger partial charge on any atom is -0.353 e. The molecule has 0 aliphatic rings. The van der Waals surface area contributed by atoms with E-state index in [-0.39, 0.29) is 11.8 Å². The lowest BCUT2D eigenvalue weighted by Crippen LogP contribution is -2.22. The molecule has 19 heavy (non-hydrogen) atoms. The lowest BCUT2D eigenvalue weighted by Gasteiger charge is -2.02. The van der Waals surface area contributed by atoms with E-state index in [0.717, 1.165) is 17.7 Å². The van der Waals surface area contributed by atoms with Crippen molar-refractivity contribution in [1.82, 2.24) is 10.8 Å². The molecule has 2 amide bonds. The zero-order valence-electron chi connectivity index (χ0n) is 10.6. The van der Waals surface area contributed by atoms with Crippen molar-refractivity contribution in [3.8, 4) is 0 Å². The van der Waals surface area contributed by atoms with Gasteiger partial charge in [-0.3, -0.25) is 14.8 Å². The molecule has 1 rings (SSSR count). The van der Waals surface area contributed by atoms with Crippen LogP contribution in [0.5, 0.6) is 0 Å². The number of hydroxylamine groups is 1. The van der Waals surface area contributed by atoms with Crippen molar-refractivity contribution in [3.63, 3.8) is 0 Å². The van der Waals surface area contributed by atoms with E-state index in [0.29, 0.717) is 19.4 Å². The Morgan fingerprint density at radius 3 is 2.84 bits per heavy atom. The predicted octanol–water partition coefficient (Wildman–Crippen LogP) is 1.94. The van der Waals surface area contributed by atoms with Gasteiger partial charge in [0.15, 0.2) is 0 Å². The van der Waals surface area contributed by atoms with E-state index >= 15 is 0 Å². The van der Waals surface area contributed by atoms with Crippen LogP contribution >= 0.6 is 11.3 Å². The Bertz CT molecular complexity index is 416. The third-order valence-electron chi connectivity index (χ3n) is 2.45. The van der Waals surface area contributed by atoms with Crippen LogP contribution in [0.15, 0.2) is 23.6 Å². The molecule has 1 aromatic rings. The average molecular weight is 282 g/mol. The molecule has 0 radical (unpaired) electrons. The Hall–Kier alpha value is -1.66. The second kappa shape index (κ2) is 9.29. The van der Waals surface area contributed by atoms with Crippen molar-refractivity contribution in [1.29, 1.82) is 0 Å². The Labute approximate surface area is 116 Å². The van der Waals surface area contributed by atoms with Crippen LogP contribution in [0.2, 0.25) is 0 Å². The molecule has 1 aromatic heterocycles. The van der Waals surface area contributed by atoms with Crippen LogP contribution in [0.4, 0.5) is 0 Å². The first-order valence-corrected chi connectivity index (χ1v) is 7.02. The topological polar surface area (TPSA) is 78.4 Å². The number of nitrogens with one attached hydrogen (secondary N) is 2. The number of carbonyl (C=O) groups excluding carboxylic acids is 2. The van der Waals surface area contributed by atoms with Crippen molar-refractivity contribution in [2.45, 2.75) is 25.7 Å². The van der Waals surface area contributed by atoms with Gasteiger partial charge in [-0.2, -0.15) is 0 Å². The van der Waals surface area contributed by atoms with E-state index < -0.39 is 0 Å². The number of carbonyl (C=O) groups is 2. The lowest BCUT2D eigenvalue weighted by molar-refractivity contribution is -0.129. The summed E-state index contributed by atoms with van der Waals surface area (Å²) in [6.45, 7) is 0.592. The van der Waals surface area contributed by atoms with E-state index in [1.165, 1.54) is 6.08 Å². The summed E-state index contributed by atoms with van der Waals surface area (Å²) in [6, 6.07) is 3.88. The fraction of sp³-hybridized carbons (Fsp3) is 0.385. The molecule has 3 N–H and O–H groups in total. The maximum Gasteiger partial charge on any atom is 0.244 e. The smallest absolute Gasteiger partial charge is 0.244 e. The number of hydrogen-bond acceptors (Lipinski definition) is 4. The second-order valence-electron chi connectivity index (χ2n) is 3.99. The standard InChI is InChI=1S/C13H18N2O3S/c16-12(8-7-11-5-4-10-19-11)14-9-3-1-2-6-13(17)15-18/h4-5,7-8,10,18H,1-3,6,9H2,(H,14,16)(H,15,17)/b8-7-. The van der Waals surface area contributed by atoms with Crippen molar-refractivity contribution in [3.05, 3.63) is 28.5 Å². The maximum absolute atomic E-state index is 11.4. The van der Waals surface area contributed by atoms with Crippen LogP contribution in [0, 0.1) is 0 Å². The number of unbranched alkanes of at least 4 members (excludes halogenated alkanes) is 2. The zero-order valence-corrected chi connectivity index (χ0v) is 11.4. The molecule has 0 saturated carbocycles. The van der Waals surface area contributed by atoms with Gasteiger partial charge in [0.05, 0.1) is 0 Å². The first-order chi connectivity index (χ1) is 9.22. The first kappa shape index (κ1) is 15.4. The third kappa shape index (κ3) is 7.38. The monoisotopic (exact) mass is 282 g/mol. The van der Waals surface area contributed by atoms with Gasteiger partial charge >= 0.3 is 0 Å². The summed E-state index contributed by atoms with van der Waals surface area (Å²) in [4.78, 5) is 23.2. The number of amides is 2. The minimum atomic E-state index is -0.372. The van der Waals surface area contributed by atoms with Crippen LogP contribution in [-0.2, 0) is 9.59 Å². The largest absolute Gasteiger partial charge is 0.353 e. The normalized spacial score (nSPS) is 10.6. The molecular weight excluding hydrogens is 264 g/mol. The van der Waals surface area contributed by atoms with Gasteiger partial charge in [-0.15, -0.1) is 11.3 Å². The highest BCUT2D eigenvalue weighted by molar-refractivity contribution is 7.10. The van der Waals surface area contributed by atoms with Gasteiger partial charge in [0, 0.05) is 23.9 Å². The average Bonchev–Trinajstić information content (AvgIpc) is 2.93. The van der Waals surface area contributed by atoms with Crippen molar-refractivity contribution in [2.24, 2.45) is 0 Å². The Balaban J connectivity index is 2.03. The quantitative estimate of drug-likeness (QED) is 0.295. The molecule has 0 saturated heterocycles. The minimum absolute atomic E-state index is 0.110. The summed E-state index contributed by atoms with van der Waals surface area (Å²) in [6.07, 6.45) is 5.96. The van der Waals surface area contributed by atoms with Crippen LogP contribution in [0.1, 0.15) is 30.6 Å². The zero-order chi connectivity index (χ0) is 13.9. The Kier molecular flexibility index (Phi) is 7.53. The second-order valence-corrected chi connectivity index (χ2v) is 4.96. The predicted molar refractivity (Wildman–Crippen MR) is 74.8 cm³/mol. The SMILES string of the molecule is O=C(/C=C\c1cccs1)NCCCCCC(=O)NO. The summed E-state index contributed by atoms with van der Waals surface area (Å²) >= 11 is 1.58. The van der Waals surface area contributed by atoms with Gasteiger partial charge in [0.2, 0.25) is 11.8 Å². The molecule has 0 unspecified atom stereocenters. The number of rotatable bonds is 8. The lowest BCUT2D eigenvalue weighted by atomic mass is 10.2. The van der Waals surface area contributed by atoms with E-state index in [9.17, 15) is 9.59 Å². The molecule has 1 heterocycles. The highest BCUT2D eigenvalue weighted by atomic mass is 32.1. The van der Waals surface area contributed by atoms with Crippen LogP contribution in [0.3, 0.4) is 0 Å². The van der Waals surface area contributed by atoms with Gasteiger partial charge in [-0.25, -0.2) is 5.48 Å². The highest BCUT2D eigenvalue weighted by Crippen LogP contribution is 2.09. The van der Waals surface area contributed by atoms with Crippen LogP contribution in [0.25, 0.3) is 6.08 Å². The van der Waals surface area contributed by atoms with Crippen molar-refractivity contribution >= 4 is 29.2 Å². The maximum atomic E-state index is 11.4. The van der Waals surface area contributed by atoms with Gasteiger partial charge in [0.25, 0.3) is 0 Å². The Morgan fingerprint density at radius 2 is 2.16 bits per heavy atom. The molecular formula is C13H18N2O3S.